The lowest BCUT2D eigenvalue weighted by molar-refractivity contribution is -0.121. The Morgan fingerprint density at radius 2 is 1.88 bits per heavy atom. The molecule has 1 aromatic rings. The Kier molecular flexibility index (Phi) is 4.41. The normalized spacial score (nSPS) is 9.62. The van der Waals surface area contributed by atoms with Crippen LogP contribution in [0.2, 0.25) is 0 Å². The number of hydrogen-bond acceptors (Lipinski definition) is 3. The maximum absolute atomic E-state index is 12.6. The lowest BCUT2D eigenvalue weighted by Crippen LogP contribution is -2.34. The summed E-state index contributed by atoms with van der Waals surface area (Å²) in [6, 6.07) is 5.13. The highest BCUT2D eigenvalue weighted by molar-refractivity contribution is 5.94. The molecule has 0 aromatic heterocycles. The minimum absolute atomic E-state index is 0.101. The van der Waals surface area contributed by atoms with Gasteiger partial charge in [-0.15, -0.1) is 0 Å². The number of halogens is 1. The van der Waals surface area contributed by atoms with Crippen LogP contribution in [0.1, 0.15) is 16.8 Å². The molecular formula is C10H12FN3O2. The summed E-state index contributed by atoms with van der Waals surface area (Å²) < 4.78 is 12.6. The van der Waals surface area contributed by atoms with Gasteiger partial charge in [-0.25, -0.2) is 10.2 Å². The van der Waals surface area contributed by atoms with E-state index in [1.807, 2.05) is 5.43 Å². The van der Waals surface area contributed by atoms with E-state index in [-0.39, 0.29) is 24.8 Å². The van der Waals surface area contributed by atoms with E-state index in [2.05, 4.69) is 5.32 Å². The molecule has 6 heteroatoms. The summed E-state index contributed by atoms with van der Waals surface area (Å²) in [7, 11) is 0. The highest BCUT2D eigenvalue weighted by atomic mass is 19.1. The molecule has 2 amide bonds. The summed E-state index contributed by atoms with van der Waals surface area (Å²) in [5.41, 5.74) is 2.29. The average Bonchev–Trinajstić information content (AvgIpc) is 2.29. The van der Waals surface area contributed by atoms with Gasteiger partial charge in [0.2, 0.25) is 5.91 Å². The highest BCUT2D eigenvalue weighted by Crippen LogP contribution is 2.02. The van der Waals surface area contributed by atoms with E-state index in [4.69, 9.17) is 5.84 Å². The van der Waals surface area contributed by atoms with Gasteiger partial charge in [0.15, 0.2) is 0 Å². The molecule has 1 aromatic carbocycles. The molecule has 0 radical (unpaired) electrons. The minimum atomic E-state index is -0.404. The molecule has 0 aliphatic carbocycles. The van der Waals surface area contributed by atoms with Gasteiger partial charge in [0, 0.05) is 18.5 Å². The van der Waals surface area contributed by atoms with Crippen LogP contribution in [0.4, 0.5) is 4.39 Å². The van der Waals surface area contributed by atoms with Gasteiger partial charge in [0.05, 0.1) is 0 Å². The zero-order valence-electron chi connectivity index (χ0n) is 8.50. The molecule has 0 unspecified atom stereocenters. The van der Waals surface area contributed by atoms with Gasteiger partial charge in [-0.05, 0) is 24.3 Å². The first-order valence-corrected chi connectivity index (χ1v) is 4.66. The fourth-order valence-corrected chi connectivity index (χ4v) is 1.07. The van der Waals surface area contributed by atoms with Crippen LogP contribution in [0.3, 0.4) is 0 Å². The van der Waals surface area contributed by atoms with Crippen LogP contribution < -0.4 is 16.6 Å². The van der Waals surface area contributed by atoms with Crippen LogP contribution in [0.15, 0.2) is 24.3 Å². The monoisotopic (exact) mass is 225 g/mol. The first-order valence-electron chi connectivity index (χ1n) is 4.66. The maximum atomic E-state index is 12.6. The molecule has 0 saturated carbocycles. The molecule has 0 atom stereocenters. The SMILES string of the molecule is NNC(=O)CCNC(=O)c1ccc(F)cc1. The number of hydrogen-bond donors (Lipinski definition) is 3. The summed E-state index contributed by atoms with van der Waals surface area (Å²) in [5.74, 6) is 3.74. The highest BCUT2D eigenvalue weighted by Gasteiger charge is 2.05. The van der Waals surface area contributed by atoms with Crippen LogP contribution in [0.25, 0.3) is 0 Å². The Hall–Kier alpha value is -1.95. The summed E-state index contributed by atoms with van der Waals surface area (Å²) in [5, 5.41) is 2.51. The van der Waals surface area contributed by atoms with Crippen molar-refractivity contribution in [2.24, 2.45) is 5.84 Å². The third-order valence-corrected chi connectivity index (χ3v) is 1.91. The Morgan fingerprint density at radius 1 is 1.25 bits per heavy atom. The smallest absolute Gasteiger partial charge is 0.251 e. The number of benzene rings is 1. The summed E-state index contributed by atoms with van der Waals surface area (Å²) in [6.45, 7) is 0.180. The number of carbonyl (C=O) groups is 2. The molecule has 0 spiro atoms. The van der Waals surface area contributed by atoms with Crippen molar-refractivity contribution in [1.82, 2.24) is 10.7 Å². The molecule has 5 nitrogen and oxygen atoms in total. The molecule has 0 aliphatic rings. The molecule has 16 heavy (non-hydrogen) atoms. The molecule has 0 heterocycles. The second-order valence-electron chi connectivity index (χ2n) is 3.08. The standard InChI is InChI=1S/C10H12FN3O2/c11-8-3-1-7(2-4-8)10(16)13-6-5-9(15)14-12/h1-4H,5-6,12H2,(H,13,16)(H,14,15). The molecule has 4 N–H and O–H groups in total. The van der Waals surface area contributed by atoms with E-state index in [1.165, 1.54) is 24.3 Å². The van der Waals surface area contributed by atoms with Gasteiger partial charge in [-0.1, -0.05) is 0 Å². The van der Waals surface area contributed by atoms with Crippen molar-refractivity contribution in [3.05, 3.63) is 35.6 Å². The topological polar surface area (TPSA) is 84.2 Å². The predicted octanol–water partition coefficient (Wildman–Crippen LogP) is -0.0645. The van der Waals surface area contributed by atoms with Crippen molar-refractivity contribution in [3.63, 3.8) is 0 Å². The molecular weight excluding hydrogens is 213 g/mol. The first-order chi connectivity index (χ1) is 7.63. The number of nitrogens with two attached hydrogens (primary N) is 1. The number of carbonyl (C=O) groups excluding carboxylic acids is 2. The third kappa shape index (κ3) is 3.66. The van der Waals surface area contributed by atoms with Gasteiger partial charge in [-0.2, -0.15) is 0 Å². The lowest BCUT2D eigenvalue weighted by atomic mass is 10.2. The van der Waals surface area contributed by atoms with E-state index in [9.17, 15) is 14.0 Å². The Bertz CT molecular complexity index is 378. The molecule has 1 rings (SSSR count). The number of hydrazine groups is 1. The van der Waals surface area contributed by atoms with Gasteiger partial charge < -0.3 is 5.32 Å². The lowest BCUT2D eigenvalue weighted by Gasteiger charge is -2.04. The fraction of sp³-hybridized carbons (Fsp3) is 0.200. The Morgan fingerprint density at radius 3 is 2.44 bits per heavy atom. The maximum Gasteiger partial charge on any atom is 0.251 e. The van der Waals surface area contributed by atoms with E-state index >= 15 is 0 Å². The number of amides is 2. The zero-order chi connectivity index (χ0) is 12.0. The van der Waals surface area contributed by atoms with Crippen LogP contribution >= 0.6 is 0 Å². The van der Waals surface area contributed by atoms with Gasteiger partial charge in [0.25, 0.3) is 5.91 Å². The predicted molar refractivity (Wildman–Crippen MR) is 55.7 cm³/mol. The number of nitrogens with one attached hydrogen (secondary N) is 2. The minimum Gasteiger partial charge on any atom is -0.352 e. The molecule has 0 bridgehead atoms. The van der Waals surface area contributed by atoms with E-state index < -0.39 is 5.82 Å². The van der Waals surface area contributed by atoms with Crippen molar-refractivity contribution in [3.8, 4) is 0 Å². The Labute approximate surface area is 91.8 Å². The average molecular weight is 225 g/mol. The van der Waals surface area contributed by atoms with Crippen molar-refractivity contribution < 1.29 is 14.0 Å². The van der Waals surface area contributed by atoms with E-state index in [1.54, 1.807) is 0 Å². The van der Waals surface area contributed by atoms with Crippen molar-refractivity contribution in [2.45, 2.75) is 6.42 Å². The summed E-state index contributed by atoms with van der Waals surface area (Å²) in [6.07, 6.45) is 0.101. The van der Waals surface area contributed by atoms with Crippen molar-refractivity contribution in [2.75, 3.05) is 6.54 Å². The van der Waals surface area contributed by atoms with Gasteiger partial charge in [-0.3, -0.25) is 15.0 Å². The molecule has 0 saturated heterocycles. The van der Waals surface area contributed by atoms with Gasteiger partial charge in [0.1, 0.15) is 5.82 Å². The van der Waals surface area contributed by atoms with Crippen LogP contribution in [-0.4, -0.2) is 18.4 Å². The summed E-state index contributed by atoms with van der Waals surface area (Å²) in [4.78, 5) is 22.2. The fourth-order valence-electron chi connectivity index (χ4n) is 1.07. The second-order valence-corrected chi connectivity index (χ2v) is 3.08. The van der Waals surface area contributed by atoms with E-state index in [0.29, 0.717) is 5.56 Å². The van der Waals surface area contributed by atoms with Crippen LogP contribution in [-0.2, 0) is 4.79 Å². The van der Waals surface area contributed by atoms with Crippen molar-refractivity contribution >= 4 is 11.8 Å². The quantitative estimate of drug-likeness (QED) is 0.381. The van der Waals surface area contributed by atoms with Crippen LogP contribution in [0, 0.1) is 5.82 Å². The molecule has 0 fully saturated rings. The van der Waals surface area contributed by atoms with Crippen molar-refractivity contribution in [1.29, 1.82) is 0 Å². The zero-order valence-corrected chi connectivity index (χ0v) is 8.50. The molecule has 86 valence electrons. The number of rotatable bonds is 4. The first kappa shape index (κ1) is 12.1. The van der Waals surface area contributed by atoms with Gasteiger partial charge >= 0.3 is 0 Å². The van der Waals surface area contributed by atoms with Crippen LogP contribution in [0.5, 0.6) is 0 Å². The second kappa shape index (κ2) is 5.82. The third-order valence-electron chi connectivity index (χ3n) is 1.91. The van der Waals surface area contributed by atoms with E-state index in [0.717, 1.165) is 0 Å². The summed E-state index contributed by atoms with van der Waals surface area (Å²) >= 11 is 0. The Balaban J connectivity index is 2.41. The molecule has 0 aliphatic heterocycles. The largest absolute Gasteiger partial charge is 0.352 e.